The van der Waals surface area contributed by atoms with E-state index in [1.807, 2.05) is 0 Å². The van der Waals surface area contributed by atoms with Crippen LogP contribution in [0.5, 0.6) is 0 Å². The van der Waals surface area contributed by atoms with E-state index in [0.717, 1.165) is 82.3 Å². The molecule has 0 fully saturated rings. The van der Waals surface area contributed by atoms with E-state index in [2.05, 4.69) is 184 Å². The normalized spacial score (nSPS) is 17.0. The van der Waals surface area contributed by atoms with E-state index >= 15 is 0 Å². The van der Waals surface area contributed by atoms with Crippen LogP contribution in [-0.2, 0) is 0 Å². The van der Waals surface area contributed by atoms with Crippen LogP contribution in [0.25, 0.3) is 49.0 Å². The monoisotopic (exact) mass is 800 g/mol. The summed E-state index contributed by atoms with van der Waals surface area (Å²) in [6.45, 7) is 13.1. The van der Waals surface area contributed by atoms with Crippen LogP contribution < -0.4 is 26.3 Å². The maximum atomic E-state index is 10.2. The highest BCUT2D eigenvalue weighted by molar-refractivity contribution is 6.74. The highest BCUT2D eigenvalue weighted by atomic mass is 28.3. The van der Waals surface area contributed by atoms with Crippen LogP contribution >= 0.6 is 0 Å². The molecule has 0 bridgehead atoms. The van der Waals surface area contributed by atoms with E-state index in [-0.39, 0.29) is 0 Å². The Morgan fingerprint density at radius 1 is 0.569 bits per heavy atom. The molecule has 1 aliphatic carbocycles. The Hall–Kier alpha value is -6.21. The van der Waals surface area contributed by atoms with Gasteiger partial charge >= 0.3 is 0 Å². The van der Waals surface area contributed by atoms with Crippen molar-refractivity contribution in [3.05, 3.63) is 172 Å². The number of allylic oxidation sites excluding steroid dienone is 4. The molecule has 0 spiro atoms. The molecular weight excluding hydrogens is 759 g/mol. The first-order valence-electron chi connectivity index (χ1n) is 19.8. The standard InChI is InChI=1S/C48H42N7Si3/c1-56(2)50-47-41(27-25-38(44(47)49)43-35-18-11-9-16-32(35)29-33-17-10-12-19-36(33)43)55(40-21-13-20-39-46(40)53-57(3,4)51-39)42-26-24-37(45-48(42)54-58(5,6)52-45)34-23-22-30-14-7-8-15-31(30)28-34/h7-29,49H,1-6H3/b49-44?,50-47-. The molecule has 0 amide bonds. The summed E-state index contributed by atoms with van der Waals surface area (Å²) in [7, 11) is -5.89. The van der Waals surface area contributed by atoms with E-state index in [4.69, 9.17) is 23.3 Å². The van der Waals surface area contributed by atoms with E-state index in [1.165, 1.54) is 10.8 Å². The number of nitrogens with zero attached hydrogens (tertiary/aromatic N) is 6. The molecule has 7 aromatic rings. The molecule has 10 rings (SSSR count). The number of benzene rings is 7. The van der Waals surface area contributed by atoms with Gasteiger partial charge in [0.15, 0.2) is 8.96 Å². The third kappa shape index (κ3) is 6.07. The minimum absolute atomic E-state index is 0.403. The summed E-state index contributed by atoms with van der Waals surface area (Å²) in [5.74, 6) is 0. The van der Waals surface area contributed by atoms with Crippen molar-refractivity contribution in [1.82, 2.24) is 0 Å². The van der Waals surface area contributed by atoms with Crippen LogP contribution in [-0.4, -0.2) is 37.2 Å². The van der Waals surface area contributed by atoms with Gasteiger partial charge in [-0.15, -0.1) is 0 Å². The fourth-order valence-corrected chi connectivity index (χ4v) is 12.5. The SMILES string of the molecule is C[Si](C)/N=C1\C(=N)C(c2c3ccccc3cc3ccccc23)=CC=C1N(c1cccc2c1=N[Si](C)(C)N=2)c1ccc(-c2ccc3ccccc3c2)c2c1=N[Si](C)(C)N=2. The van der Waals surface area contributed by atoms with Crippen molar-refractivity contribution in [3.8, 4) is 11.1 Å². The molecule has 281 valence electrons. The number of hydrogen-bond acceptors (Lipinski definition) is 7. The first-order valence-corrected chi connectivity index (χ1v) is 28.0. The Balaban J connectivity index is 1.27. The minimum Gasteiger partial charge on any atom is -0.319 e. The molecule has 7 aromatic carbocycles. The maximum Gasteiger partial charge on any atom is 0.298 e. The molecule has 1 N–H and O–H groups in total. The maximum absolute atomic E-state index is 10.2. The molecule has 0 unspecified atom stereocenters. The van der Waals surface area contributed by atoms with E-state index in [1.54, 1.807) is 0 Å². The van der Waals surface area contributed by atoms with Gasteiger partial charge in [0.2, 0.25) is 0 Å². The minimum atomic E-state index is -2.41. The lowest BCUT2D eigenvalue weighted by Gasteiger charge is -2.32. The molecule has 7 nitrogen and oxygen atoms in total. The topological polar surface area (TPSA) is 88.9 Å². The molecule has 0 aromatic heterocycles. The zero-order valence-corrected chi connectivity index (χ0v) is 36.5. The molecule has 0 saturated carbocycles. The van der Waals surface area contributed by atoms with Gasteiger partial charge in [0.05, 0.1) is 49.9 Å². The van der Waals surface area contributed by atoms with Crippen LogP contribution in [0.15, 0.2) is 169 Å². The van der Waals surface area contributed by atoms with Gasteiger partial charge in [-0.2, -0.15) is 0 Å². The first-order chi connectivity index (χ1) is 27.9. The molecule has 2 heterocycles. The third-order valence-electron chi connectivity index (χ3n) is 11.0. The Morgan fingerprint density at radius 3 is 1.91 bits per heavy atom. The van der Waals surface area contributed by atoms with Crippen molar-refractivity contribution in [2.24, 2.45) is 23.3 Å². The summed E-state index contributed by atoms with van der Waals surface area (Å²) < 4.78 is 26.8. The Kier molecular flexibility index (Phi) is 8.38. The van der Waals surface area contributed by atoms with Crippen molar-refractivity contribution in [3.63, 3.8) is 0 Å². The summed E-state index contributed by atoms with van der Waals surface area (Å²) in [6, 6.07) is 45.0. The lowest BCUT2D eigenvalue weighted by atomic mass is 9.85. The van der Waals surface area contributed by atoms with Gasteiger partial charge in [-0.3, -0.25) is 24.0 Å². The number of fused-ring (bicyclic) bond motifs is 5. The third-order valence-corrected chi connectivity index (χ3v) is 14.8. The molecule has 3 aliphatic rings. The van der Waals surface area contributed by atoms with Crippen molar-refractivity contribution >= 4 is 86.4 Å². The number of hydrogen-bond donors (Lipinski definition) is 1. The van der Waals surface area contributed by atoms with Gasteiger partial charge < -0.3 is 9.56 Å². The van der Waals surface area contributed by atoms with Gasteiger partial charge in [-0.05, 0) is 112 Å². The average molecular weight is 801 g/mol. The lowest BCUT2D eigenvalue weighted by molar-refractivity contribution is 1.16. The van der Waals surface area contributed by atoms with Crippen molar-refractivity contribution in [2.75, 3.05) is 4.90 Å². The van der Waals surface area contributed by atoms with Crippen LogP contribution in [0.2, 0.25) is 39.3 Å². The van der Waals surface area contributed by atoms with Gasteiger partial charge in [-0.25, -0.2) is 0 Å². The second-order valence-corrected chi connectivity index (χ2v) is 25.4. The first kappa shape index (κ1) is 36.2. The van der Waals surface area contributed by atoms with Crippen molar-refractivity contribution in [2.45, 2.75) is 39.3 Å². The van der Waals surface area contributed by atoms with Gasteiger partial charge in [0.25, 0.3) is 16.8 Å². The Labute approximate surface area is 341 Å². The van der Waals surface area contributed by atoms with Crippen LogP contribution in [0.3, 0.4) is 0 Å². The second-order valence-electron chi connectivity index (χ2n) is 16.4. The molecule has 0 saturated heterocycles. The highest BCUT2D eigenvalue weighted by Gasteiger charge is 2.34. The fourth-order valence-electron chi connectivity index (χ4n) is 8.63. The smallest absolute Gasteiger partial charge is 0.298 e. The molecule has 1 radical (unpaired) electrons. The molecule has 10 heteroatoms. The molecular formula is C48H42N7Si3. The van der Waals surface area contributed by atoms with E-state index < -0.39 is 25.8 Å². The Bertz CT molecular complexity index is 3250. The largest absolute Gasteiger partial charge is 0.319 e. The Morgan fingerprint density at radius 2 is 1.19 bits per heavy atom. The van der Waals surface area contributed by atoms with E-state index in [0.29, 0.717) is 11.4 Å². The molecule has 0 atom stereocenters. The summed E-state index contributed by atoms with van der Waals surface area (Å²) >= 11 is 0. The second kappa shape index (κ2) is 13.4. The lowest BCUT2D eigenvalue weighted by Crippen LogP contribution is -2.40. The van der Waals surface area contributed by atoms with E-state index in [9.17, 15) is 5.41 Å². The summed E-state index contributed by atoms with van der Waals surface area (Å²) in [5, 5.41) is 20.6. The quantitative estimate of drug-likeness (QED) is 0.101. The average Bonchev–Trinajstić information content (AvgIpc) is 3.72. The van der Waals surface area contributed by atoms with Gasteiger partial charge in [0, 0.05) is 11.1 Å². The number of anilines is 2. The predicted octanol–water partition coefficient (Wildman–Crippen LogP) is 9.55. The van der Waals surface area contributed by atoms with Crippen LogP contribution in [0, 0.1) is 5.41 Å². The van der Waals surface area contributed by atoms with Gasteiger partial charge in [0.1, 0.15) is 0 Å². The van der Waals surface area contributed by atoms with Crippen LogP contribution in [0.1, 0.15) is 5.56 Å². The zero-order valence-electron chi connectivity index (χ0n) is 33.5. The number of nitrogens with one attached hydrogen (secondary N) is 1. The summed E-state index contributed by atoms with van der Waals surface area (Å²) in [4.78, 5) is 2.26. The zero-order chi connectivity index (χ0) is 39.9. The van der Waals surface area contributed by atoms with Crippen molar-refractivity contribution in [1.29, 1.82) is 5.41 Å². The number of rotatable bonds is 6. The van der Waals surface area contributed by atoms with Crippen LogP contribution in [0.4, 0.5) is 11.4 Å². The van der Waals surface area contributed by atoms with Crippen molar-refractivity contribution < 1.29 is 0 Å². The molecule has 58 heavy (non-hydrogen) atoms. The highest BCUT2D eigenvalue weighted by Crippen LogP contribution is 2.38. The summed E-state index contributed by atoms with van der Waals surface area (Å²) in [6.07, 6.45) is 4.29. The van der Waals surface area contributed by atoms with Gasteiger partial charge in [-0.1, -0.05) is 110 Å². The predicted molar refractivity (Wildman–Crippen MR) is 248 cm³/mol. The molecule has 2 aliphatic heterocycles. The fraction of sp³-hybridized carbons (Fsp3) is 0.125. The summed E-state index contributed by atoms with van der Waals surface area (Å²) in [5.41, 5.74) is 7.78.